The second-order valence-corrected chi connectivity index (χ2v) is 8.13. The monoisotopic (exact) mass is 387 g/mol. The SMILES string of the molecule is Nc1cc(O)c(C(P)(P)CC(=O)I)c(P)c1. The first kappa shape index (κ1) is 14.6. The van der Waals surface area contributed by atoms with Gasteiger partial charge in [-0.05, 0) is 34.0 Å². The Morgan fingerprint density at radius 1 is 1.50 bits per heavy atom. The van der Waals surface area contributed by atoms with E-state index in [1.165, 1.54) is 6.07 Å². The molecule has 16 heavy (non-hydrogen) atoms. The summed E-state index contributed by atoms with van der Waals surface area (Å²) in [7, 11) is 7.69. The molecule has 1 aromatic rings. The summed E-state index contributed by atoms with van der Waals surface area (Å²) in [6.45, 7) is 0. The van der Waals surface area contributed by atoms with Crippen LogP contribution in [0, 0.1) is 0 Å². The second kappa shape index (κ2) is 5.44. The number of halogens is 1. The van der Waals surface area contributed by atoms with E-state index in [-0.39, 0.29) is 9.54 Å². The lowest BCUT2D eigenvalue weighted by molar-refractivity contribution is -0.109. The van der Waals surface area contributed by atoms with Crippen molar-refractivity contribution in [3.63, 3.8) is 0 Å². The lowest BCUT2D eigenvalue weighted by Crippen LogP contribution is -2.19. The summed E-state index contributed by atoms with van der Waals surface area (Å²) in [5.41, 5.74) is 6.80. The van der Waals surface area contributed by atoms with Crippen molar-refractivity contribution in [1.29, 1.82) is 0 Å². The quantitative estimate of drug-likeness (QED) is 0.360. The number of benzene rings is 1. The molecule has 0 heterocycles. The minimum Gasteiger partial charge on any atom is -0.508 e. The van der Waals surface area contributed by atoms with Crippen LogP contribution >= 0.6 is 50.3 Å². The third-order valence-electron chi connectivity index (χ3n) is 2.07. The fourth-order valence-corrected chi connectivity index (χ4v) is 4.90. The molecule has 0 aliphatic carbocycles. The van der Waals surface area contributed by atoms with E-state index >= 15 is 0 Å². The fourth-order valence-electron chi connectivity index (χ4n) is 1.50. The highest BCUT2D eigenvalue weighted by Gasteiger charge is 2.28. The van der Waals surface area contributed by atoms with E-state index in [4.69, 9.17) is 5.73 Å². The van der Waals surface area contributed by atoms with Crippen LogP contribution in [0.15, 0.2) is 12.1 Å². The van der Waals surface area contributed by atoms with Crippen LogP contribution in [0.1, 0.15) is 12.0 Å². The molecule has 0 spiro atoms. The molecule has 0 fully saturated rings. The number of aromatic hydroxyl groups is 1. The molecule has 0 saturated heterocycles. The predicted octanol–water partition coefficient (Wildman–Crippen LogP) is 1.73. The average molecular weight is 387 g/mol. The molecular weight excluding hydrogens is 374 g/mol. The summed E-state index contributed by atoms with van der Waals surface area (Å²) in [5.74, 6) is 0.104. The van der Waals surface area contributed by atoms with Gasteiger partial charge in [-0.3, -0.25) is 4.79 Å². The van der Waals surface area contributed by atoms with Crippen LogP contribution in [0.25, 0.3) is 0 Å². The molecule has 1 rings (SSSR count). The van der Waals surface area contributed by atoms with Gasteiger partial charge in [0, 0.05) is 28.6 Å². The number of carbonyl (C=O) groups excluding carboxylic acids is 1. The Bertz CT molecular complexity index is 414. The van der Waals surface area contributed by atoms with E-state index < -0.39 is 4.90 Å². The van der Waals surface area contributed by atoms with Gasteiger partial charge in [0.2, 0.25) is 0 Å². The second-order valence-electron chi connectivity index (χ2n) is 3.58. The molecule has 0 bridgehead atoms. The first-order chi connectivity index (χ1) is 7.24. The maximum Gasteiger partial charge on any atom is 0.193 e. The summed E-state index contributed by atoms with van der Waals surface area (Å²) in [6, 6.07) is 3.24. The summed E-state index contributed by atoms with van der Waals surface area (Å²) in [5, 5.41) is 10.7. The van der Waals surface area contributed by atoms with Crippen molar-refractivity contribution in [3.8, 4) is 5.75 Å². The van der Waals surface area contributed by atoms with Crippen LogP contribution in [0.5, 0.6) is 5.75 Å². The van der Waals surface area contributed by atoms with Crippen molar-refractivity contribution < 1.29 is 9.90 Å². The largest absolute Gasteiger partial charge is 0.508 e. The van der Waals surface area contributed by atoms with E-state index in [1.54, 1.807) is 28.7 Å². The Kier molecular flexibility index (Phi) is 4.95. The summed E-state index contributed by atoms with van der Waals surface area (Å²) >= 11 is 1.75. The molecule has 0 aliphatic rings. The van der Waals surface area contributed by atoms with Gasteiger partial charge in [-0.1, -0.05) is 0 Å². The first-order valence-corrected chi connectivity index (χ1v) is 7.19. The minimum absolute atomic E-state index is 0.0308. The van der Waals surface area contributed by atoms with Gasteiger partial charge in [0.05, 0.1) is 0 Å². The molecule has 3 N–H and O–H groups in total. The number of rotatable bonds is 3. The molecule has 3 unspecified atom stereocenters. The van der Waals surface area contributed by atoms with E-state index in [0.29, 0.717) is 17.7 Å². The zero-order valence-corrected chi connectivity index (χ0v) is 14.0. The molecule has 0 amide bonds. The zero-order chi connectivity index (χ0) is 12.5. The van der Waals surface area contributed by atoms with Crippen LogP contribution in [0.2, 0.25) is 0 Å². The molecule has 1 aromatic carbocycles. The van der Waals surface area contributed by atoms with Crippen molar-refractivity contribution in [2.75, 3.05) is 5.73 Å². The number of hydrogen-bond donors (Lipinski definition) is 2. The highest BCUT2D eigenvalue weighted by atomic mass is 127. The number of anilines is 1. The van der Waals surface area contributed by atoms with Crippen molar-refractivity contribution >= 4 is 65.1 Å². The number of phenols is 1. The number of nitrogens with two attached hydrogens (primary N) is 1. The van der Waals surface area contributed by atoms with E-state index in [0.717, 1.165) is 5.30 Å². The number of carbonyl (C=O) groups is 1. The van der Waals surface area contributed by atoms with Crippen LogP contribution in [-0.2, 0) is 9.69 Å². The van der Waals surface area contributed by atoms with Gasteiger partial charge >= 0.3 is 0 Å². The van der Waals surface area contributed by atoms with Crippen molar-refractivity contribution in [1.82, 2.24) is 0 Å². The maximum absolute atomic E-state index is 11.2. The standard InChI is InChI=1S/C9H13INO2P3/c10-7(13)3-9(15,16)8-5(12)1-4(11)2-6(8)14/h1-2,12H,3,11,14-16H2. The summed E-state index contributed by atoms with van der Waals surface area (Å²) in [6.07, 6.45) is 0.307. The predicted molar refractivity (Wildman–Crippen MR) is 86.6 cm³/mol. The van der Waals surface area contributed by atoms with E-state index in [2.05, 4.69) is 27.7 Å². The molecule has 88 valence electrons. The van der Waals surface area contributed by atoms with Gasteiger partial charge in [0.15, 0.2) is 3.79 Å². The highest BCUT2D eigenvalue weighted by molar-refractivity contribution is 14.1. The van der Waals surface area contributed by atoms with Crippen molar-refractivity contribution in [2.24, 2.45) is 0 Å². The molecule has 0 saturated carbocycles. The third-order valence-corrected chi connectivity index (χ3v) is 3.89. The maximum atomic E-state index is 11.2. The summed E-state index contributed by atoms with van der Waals surface area (Å²) < 4.78 is 0.0308. The van der Waals surface area contributed by atoms with Gasteiger partial charge in [-0.15, -0.1) is 27.7 Å². The fraction of sp³-hybridized carbons (Fsp3) is 0.222. The number of phenolic OH excluding ortho intramolecular Hbond substituents is 1. The Labute approximate surface area is 115 Å². The van der Waals surface area contributed by atoms with Crippen LogP contribution < -0.4 is 11.0 Å². The van der Waals surface area contributed by atoms with Gasteiger partial charge in [0.1, 0.15) is 5.75 Å². The van der Waals surface area contributed by atoms with Crippen LogP contribution in [0.3, 0.4) is 0 Å². The molecule has 7 heteroatoms. The molecular formula is C9H13INO2P3. The molecule has 0 aromatic heterocycles. The lowest BCUT2D eigenvalue weighted by atomic mass is 10.1. The summed E-state index contributed by atoms with van der Waals surface area (Å²) in [4.78, 5) is 10.6. The van der Waals surface area contributed by atoms with Gasteiger partial charge in [0.25, 0.3) is 0 Å². The third kappa shape index (κ3) is 3.50. The average Bonchev–Trinajstić information content (AvgIpc) is 1.96. The normalized spacial score (nSPS) is 11.5. The van der Waals surface area contributed by atoms with Gasteiger partial charge < -0.3 is 10.8 Å². The lowest BCUT2D eigenvalue weighted by Gasteiger charge is -2.26. The Morgan fingerprint density at radius 3 is 2.50 bits per heavy atom. The Balaban J connectivity index is 3.27. The Morgan fingerprint density at radius 2 is 2.06 bits per heavy atom. The minimum atomic E-state index is -0.562. The van der Waals surface area contributed by atoms with Crippen LogP contribution in [-0.4, -0.2) is 8.90 Å². The Hall–Kier alpha value is 0.510. The zero-order valence-electron chi connectivity index (χ0n) is 8.40. The molecule has 3 atom stereocenters. The number of hydrogen-bond acceptors (Lipinski definition) is 3. The molecule has 0 radical (unpaired) electrons. The topological polar surface area (TPSA) is 63.3 Å². The van der Waals surface area contributed by atoms with E-state index in [9.17, 15) is 9.90 Å². The van der Waals surface area contributed by atoms with Gasteiger partial charge in [-0.25, -0.2) is 0 Å². The highest BCUT2D eigenvalue weighted by Crippen LogP contribution is 2.46. The van der Waals surface area contributed by atoms with E-state index in [1.807, 2.05) is 0 Å². The first-order valence-electron chi connectivity index (χ1n) is 4.38. The van der Waals surface area contributed by atoms with Gasteiger partial charge in [-0.2, -0.15) is 0 Å². The smallest absolute Gasteiger partial charge is 0.193 e. The van der Waals surface area contributed by atoms with Crippen molar-refractivity contribution in [2.45, 2.75) is 11.3 Å². The molecule has 3 nitrogen and oxygen atoms in total. The molecule has 0 aliphatic heterocycles. The van der Waals surface area contributed by atoms with Crippen molar-refractivity contribution in [3.05, 3.63) is 17.7 Å². The number of nitrogen functional groups attached to an aromatic ring is 1. The van der Waals surface area contributed by atoms with Crippen LogP contribution in [0.4, 0.5) is 5.69 Å².